The average Bonchev–Trinajstić information content (AvgIpc) is 2.39. The number of halogens is 1. The predicted octanol–water partition coefficient (Wildman–Crippen LogP) is 1.94. The summed E-state index contributed by atoms with van der Waals surface area (Å²) in [6, 6.07) is 6.01. The average molecular weight is 305 g/mol. The first-order valence-corrected chi connectivity index (χ1v) is 7.91. The summed E-state index contributed by atoms with van der Waals surface area (Å²) in [5.41, 5.74) is 0.575. The molecule has 2 N–H and O–H groups in total. The molecule has 0 aliphatic rings. The van der Waals surface area contributed by atoms with Crippen molar-refractivity contribution < 1.29 is 13.2 Å². The molecule has 0 atom stereocenters. The first-order chi connectivity index (χ1) is 8.99. The smallest absolute Gasteiger partial charge is 0.240 e. The van der Waals surface area contributed by atoms with E-state index in [9.17, 15) is 13.2 Å². The zero-order chi connectivity index (χ0) is 14.3. The van der Waals surface area contributed by atoms with Crippen LogP contribution in [0.5, 0.6) is 0 Å². The molecule has 0 aliphatic heterocycles. The maximum atomic E-state index is 11.5. The second-order valence-electron chi connectivity index (χ2n) is 3.93. The lowest BCUT2D eigenvalue weighted by Gasteiger charge is -2.06. The minimum absolute atomic E-state index is 0.102. The molecule has 0 unspecified atom stereocenters. The molecule has 0 aromatic heterocycles. The fourth-order valence-electron chi connectivity index (χ4n) is 1.44. The summed E-state index contributed by atoms with van der Waals surface area (Å²) in [7, 11) is -2.09. The Morgan fingerprint density at radius 2 is 1.84 bits per heavy atom. The molecule has 0 bridgehead atoms. The highest BCUT2D eigenvalue weighted by Gasteiger charge is 2.10. The lowest BCUT2D eigenvalue weighted by molar-refractivity contribution is -0.116. The van der Waals surface area contributed by atoms with Gasteiger partial charge in [0.2, 0.25) is 15.9 Å². The van der Waals surface area contributed by atoms with Crippen LogP contribution in [0, 0.1) is 0 Å². The minimum atomic E-state index is -3.44. The van der Waals surface area contributed by atoms with Crippen LogP contribution in [0.15, 0.2) is 29.2 Å². The summed E-state index contributed by atoms with van der Waals surface area (Å²) in [4.78, 5) is 11.7. The van der Waals surface area contributed by atoms with Crippen molar-refractivity contribution in [1.82, 2.24) is 4.72 Å². The summed E-state index contributed by atoms with van der Waals surface area (Å²) in [6.07, 6.45) is 1.94. The molecule has 0 fully saturated rings. The minimum Gasteiger partial charge on any atom is -0.326 e. The van der Waals surface area contributed by atoms with Gasteiger partial charge in [-0.05, 0) is 44.2 Å². The number of alkyl halides is 1. The van der Waals surface area contributed by atoms with Crippen LogP contribution in [0.3, 0.4) is 0 Å². The normalized spacial score (nSPS) is 11.3. The topological polar surface area (TPSA) is 75.3 Å². The van der Waals surface area contributed by atoms with Gasteiger partial charge in [-0.25, -0.2) is 13.1 Å². The quantitative estimate of drug-likeness (QED) is 0.597. The Kier molecular flexibility index (Phi) is 6.27. The number of benzene rings is 1. The van der Waals surface area contributed by atoms with Crippen molar-refractivity contribution in [3.8, 4) is 0 Å². The molecule has 7 heteroatoms. The van der Waals surface area contributed by atoms with Gasteiger partial charge < -0.3 is 5.32 Å². The third-order valence-electron chi connectivity index (χ3n) is 2.50. The second kappa shape index (κ2) is 7.47. The Labute approximate surface area is 118 Å². The third kappa shape index (κ3) is 5.18. The highest BCUT2D eigenvalue weighted by molar-refractivity contribution is 7.89. The molecule has 1 aromatic rings. The fraction of sp³-hybridized carbons (Fsp3) is 0.417. The maximum absolute atomic E-state index is 11.5. The van der Waals surface area contributed by atoms with Gasteiger partial charge in [0.05, 0.1) is 4.90 Å². The predicted molar refractivity (Wildman–Crippen MR) is 75.9 cm³/mol. The summed E-state index contributed by atoms with van der Waals surface area (Å²) in [5.74, 6) is 0.443. The molecule has 1 amide bonds. The van der Waals surface area contributed by atoms with Gasteiger partial charge in [0.25, 0.3) is 0 Å². The van der Waals surface area contributed by atoms with Crippen molar-refractivity contribution in [2.45, 2.75) is 24.2 Å². The number of rotatable bonds is 7. The Balaban J connectivity index is 2.60. The van der Waals surface area contributed by atoms with E-state index >= 15 is 0 Å². The first kappa shape index (κ1) is 15.9. The molecule has 0 saturated heterocycles. The number of carbonyl (C=O) groups excluding carboxylic acids is 1. The number of hydrogen-bond acceptors (Lipinski definition) is 3. The van der Waals surface area contributed by atoms with Crippen LogP contribution >= 0.6 is 11.6 Å². The van der Waals surface area contributed by atoms with Gasteiger partial charge in [0.15, 0.2) is 0 Å². The fourth-order valence-corrected chi connectivity index (χ4v) is 2.36. The van der Waals surface area contributed by atoms with Crippen molar-refractivity contribution in [2.75, 3.05) is 18.2 Å². The molecule has 0 aliphatic carbocycles. The molecule has 1 aromatic carbocycles. The molecule has 0 spiro atoms. The molecule has 5 nitrogen and oxygen atoms in total. The van der Waals surface area contributed by atoms with Gasteiger partial charge >= 0.3 is 0 Å². The van der Waals surface area contributed by atoms with Crippen molar-refractivity contribution in [1.29, 1.82) is 0 Å². The molecule has 19 heavy (non-hydrogen) atoms. The Morgan fingerprint density at radius 1 is 1.21 bits per heavy atom. The lowest BCUT2D eigenvalue weighted by atomic mass is 10.2. The SMILES string of the molecule is CNS(=O)(=O)c1ccc(NC(=O)CCCCCl)cc1. The molecular weight excluding hydrogens is 288 g/mol. The summed E-state index contributed by atoms with van der Waals surface area (Å²) in [6.45, 7) is 0. The van der Waals surface area contributed by atoms with E-state index in [0.717, 1.165) is 12.8 Å². The lowest BCUT2D eigenvalue weighted by Crippen LogP contribution is -2.18. The number of hydrogen-bond donors (Lipinski definition) is 2. The van der Waals surface area contributed by atoms with Crippen LogP contribution < -0.4 is 10.0 Å². The van der Waals surface area contributed by atoms with Gasteiger partial charge in [0, 0.05) is 18.0 Å². The number of nitrogens with one attached hydrogen (secondary N) is 2. The van der Waals surface area contributed by atoms with Crippen LogP contribution in [0.25, 0.3) is 0 Å². The van der Waals surface area contributed by atoms with Gasteiger partial charge in [-0.15, -0.1) is 11.6 Å². The monoisotopic (exact) mass is 304 g/mol. The Morgan fingerprint density at radius 3 is 2.37 bits per heavy atom. The van der Waals surface area contributed by atoms with Crippen LogP contribution in [0.1, 0.15) is 19.3 Å². The number of sulfonamides is 1. The highest BCUT2D eigenvalue weighted by atomic mass is 35.5. The van der Waals surface area contributed by atoms with E-state index in [1.54, 1.807) is 12.1 Å². The van der Waals surface area contributed by atoms with Crippen molar-refractivity contribution in [3.63, 3.8) is 0 Å². The van der Waals surface area contributed by atoms with Gasteiger partial charge in [-0.2, -0.15) is 0 Å². The summed E-state index contributed by atoms with van der Waals surface area (Å²) in [5, 5.41) is 2.70. The van der Waals surface area contributed by atoms with E-state index in [2.05, 4.69) is 10.0 Å². The van der Waals surface area contributed by atoms with E-state index in [-0.39, 0.29) is 10.8 Å². The van der Waals surface area contributed by atoms with E-state index < -0.39 is 10.0 Å². The zero-order valence-corrected chi connectivity index (χ0v) is 12.2. The first-order valence-electron chi connectivity index (χ1n) is 5.89. The van der Waals surface area contributed by atoms with E-state index in [0.29, 0.717) is 18.0 Å². The second-order valence-corrected chi connectivity index (χ2v) is 6.19. The van der Waals surface area contributed by atoms with Crippen molar-refractivity contribution >= 4 is 33.2 Å². The number of amides is 1. The van der Waals surface area contributed by atoms with Crippen molar-refractivity contribution in [3.05, 3.63) is 24.3 Å². The van der Waals surface area contributed by atoms with E-state index in [1.807, 2.05) is 0 Å². The maximum Gasteiger partial charge on any atom is 0.240 e. The van der Waals surface area contributed by atoms with Gasteiger partial charge in [-0.3, -0.25) is 4.79 Å². The number of carbonyl (C=O) groups is 1. The summed E-state index contributed by atoms with van der Waals surface area (Å²) >= 11 is 5.52. The van der Waals surface area contributed by atoms with Crippen molar-refractivity contribution in [2.24, 2.45) is 0 Å². The summed E-state index contributed by atoms with van der Waals surface area (Å²) < 4.78 is 25.2. The number of anilines is 1. The van der Waals surface area contributed by atoms with Gasteiger partial charge in [-0.1, -0.05) is 0 Å². The Bertz CT molecular complexity index is 514. The third-order valence-corrected chi connectivity index (χ3v) is 4.20. The molecule has 0 radical (unpaired) electrons. The van der Waals surface area contributed by atoms with E-state index in [4.69, 9.17) is 11.6 Å². The molecule has 0 saturated carbocycles. The van der Waals surface area contributed by atoms with Crippen LogP contribution in [-0.2, 0) is 14.8 Å². The molecular formula is C12H17ClN2O3S. The van der Waals surface area contributed by atoms with Crippen LogP contribution in [0.2, 0.25) is 0 Å². The zero-order valence-electron chi connectivity index (χ0n) is 10.6. The van der Waals surface area contributed by atoms with Gasteiger partial charge in [0.1, 0.15) is 0 Å². The van der Waals surface area contributed by atoms with Crippen LogP contribution in [0.4, 0.5) is 5.69 Å². The standard InChI is InChI=1S/C12H17ClN2O3S/c1-14-19(17,18)11-7-5-10(6-8-11)15-12(16)4-2-3-9-13/h5-8,14H,2-4,9H2,1H3,(H,15,16). The molecule has 1 rings (SSSR count). The highest BCUT2D eigenvalue weighted by Crippen LogP contribution is 2.14. The van der Waals surface area contributed by atoms with Crippen LogP contribution in [-0.4, -0.2) is 27.3 Å². The molecule has 106 valence electrons. The van der Waals surface area contributed by atoms with E-state index in [1.165, 1.54) is 19.2 Å². The molecule has 0 heterocycles. The number of unbranched alkanes of at least 4 members (excludes halogenated alkanes) is 1. The largest absolute Gasteiger partial charge is 0.326 e. The Hall–Kier alpha value is -1.11.